The Morgan fingerprint density at radius 1 is 1.00 bits per heavy atom. The van der Waals surface area contributed by atoms with Crippen LogP contribution < -0.4 is 16.0 Å². The van der Waals surface area contributed by atoms with Crippen molar-refractivity contribution in [3.63, 3.8) is 0 Å². The van der Waals surface area contributed by atoms with E-state index in [4.69, 9.17) is 0 Å². The van der Waals surface area contributed by atoms with E-state index in [9.17, 15) is 9.59 Å². The van der Waals surface area contributed by atoms with Crippen LogP contribution in [0.3, 0.4) is 0 Å². The molecule has 2 amide bonds. The SMILES string of the molecule is CNC(=O)C(NC)C(=O)NC. The maximum atomic E-state index is 10.9. The van der Waals surface area contributed by atoms with Crippen LogP contribution >= 0.6 is 0 Å². The number of rotatable bonds is 3. The molecule has 0 bridgehead atoms. The number of carbonyl (C=O) groups is 2. The quantitative estimate of drug-likeness (QED) is 0.420. The molecule has 0 aromatic carbocycles. The Morgan fingerprint density at radius 3 is 1.55 bits per heavy atom. The molecule has 0 aliphatic carbocycles. The molecule has 0 saturated heterocycles. The van der Waals surface area contributed by atoms with Gasteiger partial charge in [-0.1, -0.05) is 0 Å². The first-order valence-corrected chi connectivity index (χ1v) is 3.27. The van der Waals surface area contributed by atoms with E-state index in [1.54, 1.807) is 7.05 Å². The maximum Gasteiger partial charge on any atom is 0.246 e. The Labute approximate surface area is 65.5 Å². The van der Waals surface area contributed by atoms with Gasteiger partial charge in [-0.3, -0.25) is 9.59 Å². The highest BCUT2D eigenvalue weighted by atomic mass is 16.2. The van der Waals surface area contributed by atoms with Gasteiger partial charge in [-0.15, -0.1) is 0 Å². The van der Waals surface area contributed by atoms with Gasteiger partial charge >= 0.3 is 0 Å². The number of amides is 2. The molecule has 0 unspecified atom stereocenters. The Bertz CT molecular complexity index is 142. The highest BCUT2D eigenvalue weighted by Crippen LogP contribution is 1.81. The first-order valence-electron chi connectivity index (χ1n) is 3.27. The van der Waals surface area contributed by atoms with Crippen molar-refractivity contribution < 1.29 is 9.59 Å². The highest BCUT2D eigenvalue weighted by molar-refractivity contribution is 6.04. The number of likely N-dealkylation sites (N-methyl/N-ethyl adjacent to an activating group) is 3. The van der Waals surface area contributed by atoms with Crippen LogP contribution in [-0.4, -0.2) is 39.0 Å². The molecular weight excluding hydrogens is 146 g/mol. The van der Waals surface area contributed by atoms with Crippen LogP contribution in [0.1, 0.15) is 0 Å². The molecule has 0 heterocycles. The third kappa shape index (κ3) is 2.55. The van der Waals surface area contributed by atoms with E-state index >= 15 is 0 Å². The molecule has 0 atom stereocenters. The molecule has 5 nitrogen and oxygen atoms in total. The van der Waals surface area contributed by atoms with Crippen molar-refractivity contribution in [3.05, 3.63) is 0 Å². The van der Waals surface area contributed by atoms with E-state index in [1.807, 2.05) is 0 Å². The lowest BCUT2D eigenvalue weighted by Gasteiger charge is -2.11. The third-order valence-corrected chi connectivity index (χ3v) is 1.31. The molecule has 0 spiro atoms. The molecule has 3 N–H and O–H groups in total. The summed E-state index contributed by atoms with van der Waals surface area (Å²) in [5.74, 6) is -0.682. The molecule has 0 aliphatic heterocycles. The van der Waals surface area contributed by atoms with Crippen LogP contribution in [0.15, 0.2) is 0 Å². The smallest absolute Gasteiger partial charge is 0.246 e. The molecule has 5 heteroatoms. The van der Waals surface area contributed by atoms with Gasteiger partial charge < -0.3 is 16.0 Å². The van der Waals surface area contributed by atoms with Crippen molar-refractivity contribution in [2.45, 2.75) is 6.04 Å². The minimum Gasteiger partial charge on any atom is -0.357 e. The van der Waals surface area contributed by atoms with Crippen molar-refractivity contribution >= 4 is 11.8 Å². The van der Waals surface area contributed by atoms with Crippen molar-refractivity contribution in [2.75, 3.05) is 21.1 Å². The molecule has 0 fully saturated rings. The van der Waals surface area contributed by atoms with E-state index in [0.29, 0.717) is 0 Å². The van der Waals surface area contributed by atoms with E-state index in [0.717, 1.165) is 0 Å². The zero-order valence-corrected chi connectivity index (χ0v) is 6.89. The number of carbonyl (C=O) groups excluding carboxylic acids is 2. The summed E-state index contributed by atoms with van der Waals surface area (Å²) in [6.45, 7) is 0. The predicted molar refractivity (Wildman–Crippen MR) is 41.0 cm³/mol. The van der Waals surface area contributed by atoms with E-state index < -0.39 is 6.04 Å². The Hall–Kier alpha value is -1.10. The van der Waals surface area contributed by atoms with Crippen molar-refractivity contribution in [3.8, 4) is 0 Å². The average Bonchev–Trinajstić information content (AvgIpc) is 2.05. The fourth-order valence-corrected chi connectivity index (χ4v) is 0.670. The number of hydrogen-bond donors (Lipinski definition) is 3. The highest BCUT2D eigenvalue weighted by Gasteiger charge is 2.21. The Kier molecular flexibility index (Phi) is 4.21. The normalized spacial score (nSPS) is 9.45. The molecule has 64 valence electrons. The summed E-state index contributed by atoms with van der Waals surface area (Å²) in [5, 5.41) is 7.32. The van der Waals surface area contributed by atoms with Crippen LogP contribution in [0.25, 0.3) is 0 Å². The van der Waals surface area contributed by atoms with Gasteiger partial charge in [-0.2, -0.15) is 0 Å². The average molecular weight is 159 g/mol. The van der Waals surface area contributed by atoms with Gasteiger partial charge in [0.2, 0.25) is 11.8 Å². The Morgan fingerprint density at radius 2 is 1.36 bits per heavy atom. The summed E-state index contributed by atoms with van der Waals surface area (Å²) in [7, 11) is 4.51. The third-order valence-electron chi connectivity index (χ3n) is 1.31. The van der Waals surface area contributed by atoms with Gasteiger partial charge in [0.05, 0.1) is 0 Å². The minimum absolute atomic E-state index is 0.341. The molecule has 11 heavy (non-hydrogen) atoms. The van der Waals surface area contributed by atoms with Gasteiger partial charge in [0.1, 0.15) is 0 Å². The van der Waals surface area contributed by atoms with E-state index in [-0.39, 0.29) is 11.8 Å². The molecule has 0 radical (unpaired) electrons. The summed E-state index contributed by atoms with van der Waals surface area (Å²) < 4.78 is 0. The maximum absolute atomic E-state index is 10.9. The summed E-state index contributed by atoms with van der Waals surface area (Å²) in [6.07, 6.45) is 0. The first-order chi connectivity index (χ1) is 5.17. The van der Waals surface area contributed by atoms with Gasteiger partial charge in [0, 0.05) is 14.1 Å². The molecule has 0 aromatic rings. The van der Waals surface area contributed by atoms with Crippen LogP contribution in [-0.2, 0) is 9.59 Å². The van der Waals surface area contributed by atoms with E-state index in [1.165, 1.54) is 14.1 Å². The summed E-state index contributed by atoms with van der Waals surface area (Å²) in [6, 6.07) is -0.801. The number of nitrogens with one attached hydrogen (secondary N) is 3. The fourth-order valence-electron chi connectivity index (χ4n) is 0.670. The van der Waals surface area contributed by atoms with Crippen LogP contribution in [0, 0.1) is 0 Å². The van der Waals surface area contributed by atoms with E-state index in [2.05, 4.69) is 16.0 Å². The summed E-state index contributed by atoms with van der Waals surface area (Å²) in [5.41, 5.74) is 0. The lowest BCUT2D eigenvalue weighted by Crippen LogP contribution is -2.50. The topological polar surface area (TPSA) is 70.2 Å². The lowest BCUT2D eigenvalue weighted by atomic mass is 10.2. The van der Waals surface area contributed by atoms with Crippen LogP contribution in [0.2, 0.25) is 0 Å². The number of hydrogen-bond acceptors (Lipinski definition) is 3. The van der Waals surface area contributed by atoms with Crippen molar-refractivity contribution in [2.24, 2.45) is 0 Å². The molecule has 0 aromatic heterocycles. The second-order valence-corrected chi connectivity index (χ2v) is 1.95. The van der Waals surface area contributed by atoms with Gasteiger partial charge in [0.15, 0.2) is 6.04 Å². The monoisotopic (exact) mass is 159 g/mol. The van der Waals surface area contributed by atoms with Crippen LogP contribution in [0.5, 0.6) is 0 Å². The van der Waals surface area contributed by atoms with Crippen molar-refractivity contribution in [1.29, 1.82) is 0 Å². The lowest BCUT2D eigenvalue weighted by molar-refractivity contribution is -0.131. The largest absolute Gasteiger partial charge is 0.357 e. The summed E-state index contributed by atoms with van der Waals surface area (Å²) >= 11 is 0. The molecule has 0 aliphatic rings. The zero-order chi connectivity index (χ0) is 8.85. The molecular formula is C6H13N3O2. The second-order valence-electron chi connectivity index (χ2n) is 1.95. The zero-order valence-electron chi connectivity index (χ0n) is 6.89. The Balaban J connectivity index is 4.15. The predicted octanol–water partition coefficient (Wildman–Crippen LogP) is -1.93. The van der Waals surface area contributed by atoms with Crippen molar-refractivity contribution in [1.82, 2.24) is 16.0 Å². The van der Waals surface area contributed by atoms with Gasteiger partial charge in [-0.25, -0.2) is 0 Å². The van der Waals surface area contributed by atoms with Gasteiger partial charge in [-0.05, 0) is 7.05 Å². The van der Waals surface area contributed by atoms with Gasteiger partial charge in [0.25, 0.3) is 0 Å². The van der Waals surface area contributed by atoms with Crippen LogP contribution in [0.4, 0.5) is 0 Å². The summed E-state index contributed by atoms with van der Waals surface area (Å²) in [4.78, 5) is 21.8. The second kappa shape index (κ2) is 4.68. The minimum atomic E-state index is -0.801. The first kappa shape index (κ1) is 9.90. The fraction of sp³-hybridized carbons (Fsp3) is 0.667. The molecule has 0 saturated carbocycles. The molecule has 0 rings (SSSR count). The standard InChI is InChI=1S/C6H13N3O2/c1-7-4(5(10)8-2)6(11)9-3/h4,7H,1-3H3,(H,8,10)(H,9,11).